The van der Waals surface area contributed by atoms with Crippen LogP contribution in [0.1, 0.15) is 11.1 Å². The van der Waals surface area contributed by atoms with Crippen molar-refractivity contribution in [3.05, 3.63) is 59.4 Å². The van der Waals surface area contributed by atoms with Gasteiger partial charge in [-0.15, -0.1) is 0 Å². The molecule has 1 aliphatic heterocycles. The first-order chi connectivity index (χ1) is 13.3. The maximum absolute atomic E-state index is 13.9. The maximum atomic E-state index is 13.9. The van der Waals surface area contributed by atoms with E-state index in [2.05, 4.69) is 0 Å². The number of nitrogens with zero attached hydrogens (tertiary/aromatic N) is 2. The van der Waals surface area contributed by atoms with Crippen LogP contribution in [0, 0.1) is 12.7 Å². The Bertz CT molecular complexity index is 970. The highest BCUT2D eigenvalue weighted by atomic mass is 32.2. The first-order valence-corrected chi connectivity index (χ1v) is 10.4. The molecule has 6 nitrogen and oxygen atoms in total. The summed E-state index contributed by atoms with van der Waals surface area (Å²) in [5.74, 6) is -0.209. The smallest absolute Gasteiger partial charge is 0.246 e. The summed E-state index contributed by atoms with van der Waals surface area (Å²) in [7, 11) is -2.36. The number of hydrogen-bond acceptors (Lipinski definition) is 4. The summed E-state index contributed by atoms with van der Waals surface area (Å²) in [5.41, 5.74) is 1.83. The zero-order valence-electron chi connectivity index (χ0n) is 15.9. The molecule has 1 aliphatic rings. The van der Waals surface area contributed by atoms with E-state index in [4.69, 9.17) is 4.74 Å². The lowest BCUT2D eigenvalue weighted by molar-refractivity contribution is -0.131. The predicted molar refractivity (Wildman–Crippen MR) is 103 cm³/mol. The van der Waals surface area contributed by atoms with Gasteiger partial charge in [0.05, 0.1) is 13.5 Å². The first-order valence-electron chi connectivity index (χ1n) is 8.99. The van der Waals surface area contributed by atoms with Gasteiger partial charge >= 0.3 is 0 Å². The summed E-state index contributed by atoms with van der Waals surface area (Å²) in [6, 6.07) is 11.0. The molecule has 0 aromatic heterocycles. The number of sulfonamides is 1. The molecule has 0 saturated carbocycles. The Labute approximate surface area is 164 Å². The van der Waals surface area contributed by atoms with Gasteiger partial charge in [-0.1, -0.05) is 29.8 Å². The van der Waals surface area contributed by atoms with Gasteiger partial charge in [0.1, 0.15) is 16.5 Å². The van der Waals surface area contributed by atoms with E-state index < -0.39 is 15.8 Å². The van der Waals surface area contributed by atoms with Crippen molar-refractivity contribution < 1.29 is 22.3 Å². The van der Waals surface area contributed by atoms with Crippen LogP contribution in [-0.2, 0) is 21.2 Å². The largest absolute Gasteiger partial charge is 0.496 e. The Morgan fingerprint density at radius 2 is 1.79 bits per heavy atom. The standard InChI is InChI=1S/C20H23FN2O4S/c1-15-7-8-18(27-2)16(13-15)14-20(24)22-9-11-23(12-10-22)28(25,26)19-6-4-3-5-17(19)21/h3-8,13H,9-12,14H2,1-2H3. The Morgan fingerprint density at radius 3 is 2.43 bits per heavy atom. The maximum Gasteiger partial charge on any atom is 0.246 e. The van der Waals surface area contributed by atoms with Crippen molar-refractivity contribution in [1.82, 2.24) is 9.21 Å². The van der Waals surface area contributed by atoms with Gasteiger partial charge in [-0.05, 0) is 25.1 Å². The molecule has 2 aromatic carbocycles. The lowest BCUT2D eigenvalue weighted by atomic mass is 10.1. The molecule has 0 radical (unpaired) electrons. The van der Waals surface area contributed by atoms with E-state index in [9.17, 15) is 17.6 Å². The molecule has 0 unspecified atom stereocenters. The van der Waals surface area contributed by atoms with E-state index in [-0.39, 0.29) is 43.4 Å². The van der Waals surface area contributed by atoms with Crippen LogP contribution in [0.4, 0.5) is 4.39 Å². The molecule has 1 heterocycles. The van der Waals surface area contributed by atoms with Crippen molar-refractivity contribution in [2.24, 2.45) is 0 Å². The minimum absolute atomic E-state index is 0.0909. The van der Waals surface area contributed by atoms with Crippen LogP contribution in [0.3, 0.4) is 0 Å². The van der Waals surface area contributed by atoms with Crippen molar-refractivity contribution in [3.8, 4) is 5.75 Å². The van der Waals surface area contributed by atoms with E-state index in [1.807, 2.05) is 25.1 Å². The van der Waals surface area contributed by atoms with Crippen LogP contribution in [0.2, 0.25) is 0 Å². The minimum Gasteiger partial charge on any atom is -0.496 e. The second-order valence-electron chi connectivity index (χ2n) is 6.71. The molecule has 1 fully saturated rings. The van der Waals surface area contributed by atoms with Gasteiger partial charge in [0.25, 0.3) is 0 Å². The molecule has 0 atom stereocenters. The van der Waals surface area contributed by atoms with Crippen LogP contribution in [0.15, 0.2) is 47.4 Å². The lowest BCUT2D eigenvalue weighted by Crippen LogP contribution is -2.51. The molecule has 1 saturated heterocycles. The molecule has 8 heteroatoms. The molecule has 0 bridgehead atoms. The van der Waals surface area contributed by atoms with Gasteiger partial charge in [-0.25, -0.2) is 12.8 Å². The van der Waals surface area contributed by atoms with E-state index >= 15 is 0 Å². The number of piperazine rings is 1. The van der Waals surface area contributed by atoms with Gasteiger partial charge in [0.15, 0.2) is 0 Å². The molecular weight excluding hydrogens is 383 g/mol. The molecule has 2 aromatic rings. The monoisotopic (exact) mass is 406 g/mol. The number of methoxy groups -OCH3 is 1. The fourth-order valence-electron chi connectivity index (χ4n) is 3.29. The van der Waals surface area contributed by atoms with Crippen LogP contribution in [0.5, 0.6) is 5.75 Å². The van der Waals surface area contributed by atoms with Crippen LogP contribution in [0.25, 0.3) is 0 Å². The van der Waals surface area contributed by atoms with E-state index in [0.29, 0.717) is 5.75 Å². The summed E-state index contributed by atoms with van der Waals surface area (Å²) in [5, 5.41) is 0. The number of halogens is 1. The van der Waals surface area contributed by atoms with Crippen molar-refractivity contribution >= 4 is 15.9 Å². The highest BCUT2D eigenvalue weighted by molar-refractivity contribution is 7.89. The highest BCUT2D eigenvalue weighted by Gasteiger charge is 2.31. The number of ether oxygens (including phenoxy) is 1. The third-order valence-corrected chi connectivity index (χ3v) is 6.76. The first kappa shape index (κ1) is 20.3. The number of rotatable bonds is 5. The highest BCUT2D eigenvalue weighted by Crippen LogP contribution is 2.23. The Kier molecular flexibility index (Phi) is 6.00. The zero-order chi connectivity index (χ0) is 20.3. The topological polar surface area (TPSA) is 66.9 Å². The number of benzene rings is 2. The molecule has 0 spiro atoms. The number of amides is 1. The number of carbonyl (C=O) groups is 1. The average Bonchev–Trinajstić information content (AvgIpc) is 2.68. The molecule has 1 amide bonds. The lowest BCUT2D eigenvalue weighted by Gasteiger charge is -2.34. The van der Waals surface area contributed by atoms with Crippen LogP contribution < -0.4 is 4.74 Å². The molecule has 0 N–H and O–H groups in total. The molecular formula is C20H23FN2O4S. The minimum atomic E-state index is -3.92. The number of carbonyl (C=O) groups excluding carboxylic acids is 1. The molecule has 28 heavy (non-hydrogen) atoms. The Hall–Kier alpha value is -2.45. The van der Waals surface area contributed by atoms with Crippen molar-refractivity contribution in [2.75, 3.05) is 33.3 Å². The number of hydrogen-bond donors (Lipinski definition) is 0. The number of aryl methyl sites for hydroxylation is 1. The average molecular weight is 406 g/mol. The predicted octanol–water partition coefficient (Wildman–Crippen LogP) is 2.22. The van der Waals surface area contributed by atoms with Gasteiger partial charge in [-0.2, -0.15) is 4.31 Å². The quantitative estimate of drug-likeness (QED) is 0.764. The van der Waals surface area contributed by atoms with Gasteiger partial charge in [0.2, 0.25) is 15.9 Å². The summed E-state index contributed by atoms with van der Waals surface area (Å²) >= 11 is 0. The summed E-state index contributed by atoms with van der Waals surface area (Å²) < 4.78 is 45.8. The molecule has 150 valence electrons. The third kappa shape index (κ3) is 4.18. The van der Waals surface area contributed by atoms with Crippen molar-refractivity contribution in [1.29, 1.82) is 0 Å². The summed E-state index contributed by atoms with van der Waals surface area (Å²) in [6.45, 7) is 2.74. The van der Waals surface area contributed by atoms with Crippen LogP contribution >= 0.6 is 0 Å². The summed E-state index contributed by atoms with van der Waals surface area (Å²) in [4.78, 5) is 14.0. The molecule has 0 aliphatic carbocycles. The fraction of sp³-hybridized carbons (Fsp3) is 0.350. The normalized spacial score (nSPS) is 15.5. The van der Waals surface area contributed by atoms with E-state index in [0.717, 1.165) is 17.2 Å². The van der Waals surface area contributed by atoms with Crippen LogP contribution in [-0.4, -0.2) is 56.8 Å². The summed E-state index contributed by atoms with van der Waals surface area (Å²) in [6.07, 6.45) is 0.185. The second-order valence-corrected chi connectivity index (χ2v) is 8.61. The van der Waals surface area contributed by atoms with E-state index in [1.54, 1.807) is 12.0 Å². The van der Waals surface area contributed by atoms with Crippen molar-refractivity contribution in [2.45, 2.75) is 18.2 Å². The Morgan fingerprint density at radius 1 is 1.11 bits per heavy atom. The SMILES string of the molecule is COc1ccc(C)cc1CC(=O)N1CCN(S(=O)(=O)c2ccccc2F)CC1. The second kappa shape index (κ2) is 8.28. The third-order valence-electron chi connectivity index (χ3n) is 4.82. The zero-order valence-corrected chi connectivity index (χ0v) is 16.7. The van der Waals surface area contributed by atoms with Crippen molar-refractivity contribution in [3.63, 3.8) is 0 Å². The van der Waals surface area contributed by atoms with Gasteiger partial charge in [-0.3, -0.25) is 4.79 Å². The Balaban J connectivity index is 1.66. The fourth-order valence-corrected chi connectivity index (χ4v) is 4.78. The van der Waals surface area contributed by atoms with Gasteiger partial charge < -0.3 is 9.64 Å². The van der Waals surface area contributed by atoms with E-state index in [1.165, 1.54) is 22.5 Å². The van der Waals surface area contributed by atoms with Gasteiger partial charge in [0, 0.05) is 31.7 Å². The molecule has 3 rings (SSSR count).